The number of nitrogens with one attached hydrogen (secondary N) is 4. The Balaban J connectivity index is 1.17. The molecule has 4 amide bonds. The van der Waals surface area contributed by atoms with Crippen LogP contribution in [0.25, 0.3) is 11.3 Å². The van der Waals surface area contributed by atoms with Crippen LogP contribution in [-0.4, -0.2) is 149 Å². The van der Waals surface area contributed by atoms with E-state index in [0.717, 1.165) is 69.8 Å². The number of aromatic nitrogens is 2. The largest absolute Gasteiger partial charge is 0.465 e. The standard InChI is InChI=1S/C54H61F8N9O8/c1-30-7-17-41(63-22-30)34-20-39(55)38(40(56)21-34)26-70(68-48(74)46(66-49(75)76)52(4,5)54(60,61)62)27-43(72)42(65-47(73)45(67-50(77)78-6)51(2,3)53(57,58)59)19-32-11-8-31(9-12-32)10-13-33-14-18-44(64-23-33)69-24-35-15-16-36(25-69)71(35)37-28-79-29-37/h7-9,11-12,14,17-18,20-23,35-37,42-43,45-46,66,72H,15-16,19,24-29H2,1-6H3,(H,65,73)(H,67,77)(H,68,74)(H,75,76)/t35?,36?,42-,43-,45+,46+/m0/s1. The predicted octanol–water partition coefficient (Wildman–Crippen LogP) is 6.64. The van der Waals surface area contributed by atoms with Crippen LogP contribution in [0.15, 0.2) is 73.1 Å². The fourth-order valence-electron chi connectivity index (χ4n) is 9.66. The lowest BCUT2D eigenvalue weighted by Gasteiger charge is -2.47. The van der Waals surface area contributed by atoms with Crippen LogP contribution in [0.2, 0.25) is 0 Å². The zero-order valence-corrected chi connectivity index (χ0v) is 43.9. The Labute approximate surface area is 450 Å². The SMILES string of the molecule is COC(=O)N[C@H](C(=O)N[C@@H](Cc1ccc(C#Cc2ccc(N3CC4CCC(C3)N4C3COC3)nc2)cc1)[C@@H](O)CN(Cc1c(F)cc(-c2ccc(C)cn2)cc1F)NC(=O)[C@@H](NC(=O)O)C(C)(C)C(F)(F)F)C(C)(C)C(F)(F)F. The number of aliphatic hydroxyl groups excluding tert-OH is 1. The third-order valence-electron chi connectivity index (χ3n) is 14.7. The number of carbonyl (C=O) groups excluding carboxylic acids is 3. The van der Waals surface area contributed by atoms with Gasteiger partial charge in [-0.05, 0) is 107 Å². The molecule has 79 heavy (non-hydrogen) atoms. The number of aliphatic hydroxyl groups is 1. The summed E-state index contributed by atoms with van der Waals surface area (Å²) in [5.74, 6) is 1.17. The molecule has 0 spiro atoms. The monoisotopic (exact) mass is 1120 g/mol. The molecule has 2 aromatic heterocycles. The lowest BCUT2D eigenvalue weighted by atomic mass is 9.82. The quantitative estimate of drug-likeness (QED) is 0.0351. The number of piperazine rings is 1. The van der Waals surface area contributed by atoms with E-state index in [4.69, 9.17) is 4.74 Å². The van der Waals surface area contributed by atoms with E-state index in [-0.39, 0.29) is 11.3 Å². The average molecular weight is 1120 g/mol. The summed E-state index contributed by atoms with van der Waals surface area (Å²) < 4.78 is 129. The summed E-state index contributed by atoms with van der Waals surface area (Å²) in [6.07, 6.45) is -11.1. The van der Waals surface area contributed by atoms with Crippen LogP contribution in [0.4, 0.5) is 50.5 Å². The minimum absolute atomic E-state index is 0.0404. The van der Waals surface area contributed by atoms with Gasteiger partial charge in [-0.1, -0.05) is 30.0 Å². The van der Waals surface area contributed by atoms with E-state index >= 15 is 8.78 Å². The average Bonchev–Trinajstić information content (AvgIpc) is 3.87. The highest BCUT2D eigenvalue weighted by molar-refractivity contribution is 5.87. The van der Waals surface area contributed by atoms with Gasteiger partial charge < -0.3 is 40.5 Å². The molecule has 426 valence electrons. The molecule has 0 aliphatic carbocycles. The summed E-state index contributed by atoms with van der Waals surface area (Å²) in [6, 6.07) is 9.31. The fraction of sp³-hybridized carbons (Fsp3) is 0.481. The molecule has 6 N–H and O–H groups in total. The molecule has 3 fully saturated rings. The summed E-state index contributed by atoms with van der Waals surface area (Å²) in [5, 5.41) is 27.8. The van der Waals surface area contributed by atoms with Gasteiger partial charge in [-0.2, -0.15) is 26.3 Å². The van der Waals surface area contributed by atoms with Crippen molar-refractivity contribution >= 4 is 29.8 Å². The van der Waals surface area contributed by atoms with Crippen molar-refractivity contribution in [1.82, 2.24) is 41.3 Å². The van der Waals surface area contributed by atoms with Gasteiger partial charge in [-0.25, -0.2) is 28.4 Å². The molecule has 3 saturated heterocycles. The highest BCUT2D eigenvalue weighted by Crippen LogP contribution is 2.42. The second-order valence-corrected chi connectivity index (χ2v) is 21.1. The number of anilines is 1. The Bertz CT molecular complexity index is 2860. The summed E-state index contributed by atoms with van der Waals surface area (Å²) in [4.78, 5) is 65.9. The van der Waals surface area contributed by atoms with Gasteiger partial charge in [0.2, 0.25) is 5.91 Å². The van der Waals surface area contributed by atoms with E-state index in [2.05, 4.69) is 41.7 Å². The maximum Gasteiger partial charge on any atom is 0.407 e. The zero-order chi connectivity index (χ0) is 57.8. The predicted molar refractivity (Wildman–Crippen MR) is 271 cm³/mol. The van der Waals surface area contributed by atoms with Crippen LogP contribution in [0, 0.1) is 41.2 Å². The summed E-state index contributed by atoms with van der Waals surface area (Å²) in [5.41, 5.74) is -2.72. The van der Waals surface area contributed by atoms with E-state index in [1.54, 1.807) is 31.3 Å². The Kier molecular flexibility index (Phi) is 18.1. The fourth-order valence-corrected chi connectivity index (χ4v) is 9.66. The van der Waals surface area contributed by atoms with Crippen molar-refractivity contribution in [3.05, 3.63) is 113 Å². The number of alkyl carbamates (subject to hydrolysis) is 1. The number of carbonyl (C=O) groups is 4. The van der Waals surface area contributed by atoms with E-state index in [1.807, 2.05) is 22.9 Å². The number of hydrogen-bond donors (Lipinski definition) is 6. The molecular formula is C54H61F8N9O8. The van der Waals surface area contributed by atoms with Gasteiger partial charge in [0.05, 0.1) is 55.0 Å². The smallest absolute Gasteiger partial charge is 0.407 e. The highest BCUT2D eigenvalue weighted by atomic mass is 19.4. The molecule has 4 aromatic rings. The molecule has 0 saturated carbocycles. The lowest BCUT2D eigenvalue weighted by molar-refractivity contribution is -0.221. The van der Waals surface area contributed by atoms with Crippen molar-refractivity contribution < 1.29 is 74.0 Å². The number of aryl methyl sites for hydroxylation is 1. The number of pyridine rings is 2. The summed E-state index contributed by atoms with van der Waals surface area (Å²) >= 11 is 0. The number of fused-ring (bicyclic) bond motifs is 2. The van der Waals surface area contributed by atoms with Crippen molar-refractivity contribution in [3.8, 4) is 23.1 Å². The first-order valence-electron chi connectivity index (χ1n) is 25.2. The molecule has 25 heteroatoms. The molecule has 7 rings (SSSR count). The van der Waals surface area contributed by atoms with E-state index in [9.17, 15) is 55.7 Å². The van der Waals surface area contributed by atoms with Crippen LogP contribution in [0.5, 0.6) is 0 Å². The molecule has 6 atom stereocenters. The molecule has 2 unspecified atom stereocenters. The summed E-state index contributed by atoms with van der Waals surface area (Å²) in [6.45, 7) is 5.07. The van der Waals surface area contributed by atoms with Gasteiger partial charge >= 0.3 is 24.5 Å². The second kappa shape index (κ2) is 24.1. The van der Waals surface area contributed by atoms with Gasteiger partial charge in [-0.3, -0.25) is 24.9 Å². The number of hydrazine groups is 1. The molecular weight excluding hydrogens is 1050 g/mol. The molecule has 5 heterocycles. The second-order valence-electron chi connectivity index (χ2n) is 21.1. The molecule has 3 aliphatic rings. The van der Waals surface area contributed by atoms with E-state index in [0.29, 0.717) is 67.5 Å². The number of ether oxygens (including phenoxy) is 2. The third kappa shape index (κ3) is 14.0. The van der Waals surface area contributed by atoms with Gasteiger partial charge in [0.15, 0.2) is 0 Å². The lowest BCUT2D eigenvalue weighted by Crippen LogP contribution is -2.63. The highest BCUT2D eigenvalue weighted by Gasteiger charge is 2.57. The maximum absolute atomic E-state index is 16.1. The Morgan fingerprint density at radius 3 is 1.87 bits per heavy atom. The van der Waals surface area contributed by atoms with Crippen molar-refractivity contribution in [2.75, 3.05) is 44.9 Å². The third-order valence-corrected chi connectivity index (χ3v) is 14.7. The summed E-state index contributed by atoms with van der Waals surface area (Å²) in [7, 11) is 0.838. The number of benzene rings is 2. The van der Waals surface area contributed by atoms with Gasteiger partial charge in [-0.15, -0.1) is 0 Å². The van der Waals surface area contributed by atoms with Gasteiger partial charge in [0.1, 0.15) is 29.5 Å². The topological polar surface area (TPSA) is 211 Å². The Hall–Kier alpha value is -7.14. The van der Waals surface area contributed by atoms with Crippen molar-refractivity contribution in [2.45, 2.75) is 115 Å². The first kappa shape index (κ1) is 59.5. The number of alkyl halides is 6. The number of rotatable bonds is 18. The normalized spacial score (nSPS) is 18.6. The van der Waals surface area contributed by atoms with Crippen LogP contribution in [-0.2, 0) is 32.0 Å². The van der Waals surface area contributed by atoms with Gasteiger partial charge in [0.25, 0.3) is 5.91 Å². The first-order chi connectivity index (χ1) is 37.1. The molecule has 2 aromatic carbocycles. The number of carboxylic acid groups (broad SMARTS) is 1. The minimum atomic E-state index is -5.24. The van der Waals surface area contributed by atoms with Gasteiger partial charge in [0, 0.05) is 72.9 Å². The Morgan fingerprint density at radius 2 is 1.37 bits per heavy atom. The zero-order valence-electron chi connectivity index (χ0n) is 43.9. The van der Waals surface area contributed by atoms with Crippen LogP contribution >= 0.6 is 0 Å². The number of hydrogen-bond acceptors (Lipinski definition) is 12. The minimum Gasteiger partial charge on any atom is -0.465 e. The van der Waals surface area contributed by atoms with Crippen molar-refractivity contribution in [1.29, 1.82) is 0 Å². The molecule has 17 nitrogen and oxygen atoms in total. The number of methoxy groups -OCH3 is 1. The van der Waals surface area contributed by atoms with Crippen molar-refractivity contribution in [3.63, 3.8) is 0 Å². The first-order valence-corrected chi connectivity index (χ1v) is 25.2. The number of halogens is 8. The molecule has 3 aliphatic heterocycles. The number of amides is 4. The van der Waals surface area contributed by atoms with Crippen LogP contribution < -0.4 is 26.3 Å². The number of nitrogens with zero attached hydrogens (tertiary/aromatic N) is 5. The Morgan fingerprint density at radius 1 is 0.785 bits per heavy atom. The maximum atomic E-state index is 16.1. The van der Waals surface area contributed by atoms with E-state index < -0.39 is 108 Å². The molecule has 0 radical (unpaired) electrons. The van der Waals surface area contributed by atoms with Crippen LogP contribution in [0.1, 0.15) is 68.4 Å². The van der Waals surface area contributed by atoms with Crippen molar-refractivity contribution in [2.24, 2.45) is 10.8 Å². The van der Waals surface area contributed by atoms with Crippen LogP contribution in [0.3, 0.4) is 0 Å². The van der Waals surface area contributed by atoms with E-state index in [1.165, 1.54) is 29.7 Å². The molecule has 2 bridgehead atoms.